The minimum Gasteiger partial charge on any atom is -0.481 e. The molecule has 0 saturated heterocycles. The number of carbonyl (C=O) groups is 2. The van der Waals surface area contributed by atoms with E-state index in [0.717, 1.165) is 29.2 Å². The molecule has 148 valence electrons. The second kappa shape index (κ2) is 8.25. The van der Waals surface area contributed by atoms with E-state index in [1.807, 2.05) is 55.4 Å². The lowest BCUT2D eigenvalue weighted by Gasteiger charge is -2.10. The lowest BCUT2D eigenvalue weighted by Crippen LogP contribution is -2.17. The number of carbonyl (C=O) groups excluding carboxylic acids is 1. The highest BCUT2D eigenvalue weighted by Crippen LogP contribution is 2.24. The molecule has 1 aromatic heterocycles. The van der Waals surface area contributed by atoms with Crippen LogP contribution in [-0.2, 0) is 4.79 Å². The van der Waals surface area contributed by atoms with E-state index in [0.29, 0.717) is 11.1 Å². The molecule has 7 heteroatoms. The Kier molecular flexibility index (Phi) is 5.35. The van der Waals surface area contributed by atoms with Crippen molar-refractivity contribution in [2.75, 3.05) is 6.61 Å². The summed E-state index contributed by atoms with van der Waals surface area (Å²) >= 11 is 0. The summed E-state index contributed by atoms with van der Waals surface area (Å²) in [5.74, 6) is -1.12. The number of hydrogen-bond acceptors (Lipinski definition) is 4. The van der Waals surface area contributed by atoms with E-state index in [1.165, 1.54) is 6.20 Å². The molecule has 0 spiro atoms. The highest BCUT2D eigenvalue weighted by Gasteiger charge is 2.19. The van der Waals surface area contributed by atoms with E-state index >= 15 is 0 Å². The summed E-state index contributed by atoms with van der Waals surface area (Å²) in [6.45, 7) is 1.47. The maximum absolute atomic E-state index is 13.2. The number of aromatic nitrogens is 2. The topological polar surface area (TPSA) is 81.4 Å². The van der Waals surface area contributed by atoms with Gasteiger partial charge in [-0.25, -0.2) is 9.48 Å². The third-order valence-electron chi connectivity index (χ3n) is 4.91. The average molecular weight is 398 g/mol. The molecule has 6 nitrogen and oxygen atoms in total. The standard InChI is InChI=1S/C23H19BN2O4/c1-24-17-9-10-21(30-14-22(27)28)19(11-17)23(29)16-12-25-26(13-16)20-8-4-6-15-5-2-3-7-18(15)20/h2-13,24H,14H2,1H3,(H,27,28). The van der Waals surface area contributed by atoms with Gasteiger partial charge in [0.25, 0.3) is 0 Å². The Balaban J connectivity index is 1.71. The zero-order chi connectivity index (χ0) is 21.1. The van der Waals surface area contributed by atoms with Gasteiger partial charge in [0, 0.05) is 11.6 Å². The van der Waals surface area contributed by atoms with Gasteiger partial charge in [-0.3, -0.25) is 4.79 Å². The molecule has 0 aliphatic carbocycles. The van der Waals surface area contributed by atoms with Crippen molar-refractivity contribution in [1.82, 2.24) is 9.78 Å². The minimum atomic E-state index is -1.10. The lowest BCUT2D eigenvalue weighted by molar-refractivity contribution is -0.139. The van der Waals surface area contributed by atoms with E-state index < -0.39 is 12.6 Å². The lowest BCUT2D eigenvalue weighted by atomic mass is 9.72. The van der Waals surface area contributed by atoms with E-state index in [1.54, 1.807) is 23.0 Å². The fourth-order valence-corrected chi connectivity index (χ4v) is 3.38. The van der Waals surface area contributed by atoms with Crippen LogP contribution in [-0.4, -0.2) is 40.5 Å². The maximum Gasteiger partial charge on any atom is 0.341 e. The molecule has 0 amide bonds. The molecule has 0 fully saturated rings. The van der Waals surface area contributed by atoms with Crippen molar-refractivity contribution in [3.8, 4) is 11.4 Å². The molecule has 0 atom stereocenters. The van der Waals surface area contributed by atoms with Crippen molar-refractivity contribution >= 4 is 35.3 Å². The number of carboxylic acids is 1. The quantitative estimate of drug-likeness (QED) is 0.383. The van der Waals surface area contributed by atoms with E-state index in [9.17, 15) is 9.59 Å². The summed E-state index contributed by atoms with van der Waals surface area (Å²) in [7, 11) is 0.745. The van der Waals surface area contributed by atoms with Crippen LogP contribution in [0.5, 0.6) is 5.75 Å². The molecule has 4 rings (SSSR count). The summed E-state index contributed by atoms with van der Waals surface area (Å²) in [6.07, 6.45) is 3.20. The largest absolute Gasteiger partial charge is 0.481 e. The molecule has 0 unspecified atom stereocenters. The first-order valence-electron chi connectivity index (χ1n) is 9.62. The maximum atomic E-state index is 13.2. The Bertz CT molecular complexity index is 1240. The van der Waals surface area contributed by atoms with Gasteiger partial charge in [-0.05, 0) is 17.5 Å². The Morgan fingerprint density at radius 3 is 2.70 bits per heavy atom. The van der Waals surface area contributed by atoms with Crippen molar-refractivity contribution < 1.29 is 19.4 Å². The molecular weight excluding hydrogens is 379 g/mol. The number of benzene rings is 3. The summed E-state index contributed by atoms with van der Waals surface area (Å²) in [6, 6.07) is 19.1. The van der Waals surface area contributed by atoms with Gasteiger partial charge >= 0.3 is 5.97 Å². The molecule has 4 aromatic rings. The van der Waals surface area contributed by atoms with Gasteiger partial charge in [-0.2, -0.15) is 5.10 Å². The number of carboxylic acid groups (broad SMARTS) is 1. The van der Waals surface area contributed by atoms with Crippen LogP contribution < -0.4 is 10.2 Å². The first-order chi connectivity index (χ1) is 14.6. The van der Waals surface area contributed by atoms with Crippen molar-refractivity contribution in [2.24, 2.45) is 0 Å². The molecule has 0 saturated carbocycles. The summed E-state index contributed by atoms with van der Waals surface area (Å²) in [4.78, 5) is 24.1. The minimum absolute atomic E-state index is 0.248. The monoisotopic (exact) mass is 398 g/mol. The highest BCUT2D eigenvalue weighted by molar-refractivity contribution is 6.52. The van der Waals surface area contributed by atoms with Crippen LogP contribution >= 0.6 is 0 Å². The van der Waals surface area contributed by atoms with E-state index in [4.69, 9.17) is 9.84 Å². The molecule has 0 bridgehead atoms. The molecular formula is C23H19BN2O4. The second-order valence-corrected chi connectivity index (χ2v) is 6.87. The van der Waals surface area contributed by atoms with Gasteiger partial charge in [0.2, 0.25) is 0 Å². The summed E-state index contributed by atoms with van der Waals surface area (Å²) in [5, 5.41) is 15.4. The number of ether oxygens (including phenoxy) is 1. The third-order valence-corrected chi connectivity index (χ3v) is 4.91. The number of ketones is 1. The predicted molar refractivity (Wildman–Crippen MR) is 117 cm³/mol. The average Bonchev–Trinajstić information content (AvgIpc) is 3.26. The second-order valence-electron chi connectivity index (χ2n) is 6.87. The molecule has 3 aromatic carbocycles. The van der Waals surface area contributed by atoms with Crippen molar-refractivity contribution in [2.45, 2.75) is 6.82 Å². The smallest absolute Gasteiger partial charge is 0.341 e. The van der Waals surface area contributed by atoms with Crippen LogP contribution in [0.4, 0.5) is 0 Å². The van der Waals surface area contributed by atoms with Gasteiger partial charge in [0.1, 0.15) is 5.75 Å². The number of rotatable bonds is 7. The van der Waals surface area contributed by atoms with Gasteiger partial charge in [-0.15, -0.1) is 0 Å². The fourth-order valence-electron chi connectivity index (χ4n) is 3.38. The molecule has 0 aliphatic heterocycles. The SMILES string of the molecule is CBc1ccc(OCC(=O)O)c(C(=O)c2cnn(-c3cccc4ccccc34)c2)c1. The zero-order valence-electron chi connectivity index (χ0n) is 16.4. The Morgan fingerprint density at radius 2 is 1.90 bits per heavy atom. The van der Waals surface area contributed by atoms with Crippen LogP contribution in [0.1, 0.15) is 15.9 Å². The first kappa shape index (κ1) is 19.5. The van der Waals surface area contributed by atoms with Crippen molar-refractivity contribution in [1.29, 1.82) is 0 Å². The Morgan fingerprint density at radius 1 is 1.10 bits per heavy atom. The zero-order valence-corrected chi connectivity index (χ0v) is 16.4. The van der Waals surface area contributed by atoms with Crippen LogP contribution in [0.2, 0.25) is 6.82 Å². The summed E-state index contributed by atoms with van der Waals surface area (Å²) in [5.41, 5.74) is 2.56. The predicted octanol–water partition coefficient (Wildman–Crippen LogP) is 2.83. The number of fused-ring (bicyclic) bond motifs is 1. The fraction of sp³-hybridized carbons (Fsp3) is 0.0870. The van der Waals surface area contributed by atoms with Crippen LogP contribution in [0.3, 0.4) is 0 Å². The number of hydrogen-bond donors (Lipinski definition) is 1. The van der Waals surface area contributed by atoms with Crippen LogP contribution in [0.15, 0.2) is 73.1 Å². The molecule has 30 heavy (non-hydrogen) atoms. The summed E-state index contributed by atoms with van der Waals surface area (Å²) < 4.78 is 7.02. The normalized spacial score (nSPS) is 10.7. The van der Waals surface area contributed by atoms with E-state index in [-0.39, 0.29) is 11.5 Å². The van der Waals surface area contributed by atoms with Gasteiger partial charge in [-0.1, -0.05) is 60.8 Å². The van der Waals surface area contributed by atoms with E-state index in [2.05, 4.69) is 5.10 Å². The van der Waals surface area contributed by atoms with Crippen molar-refractivity contribution in [3.05, 3.63) is 84.2 Å². The highest BCUT2D eigenvalue weighted by atomic mass is 16.5. The Hall–Kier alpha value is -3.87. The van der Waals surface area contributed by atoms with Gasteiger partial charge < -0.3 is 9.84 Å². The number of aliphatic carboxylic acids is 1. The molecule has 0 radical (unpaired) electrons. The number of nitrogens with zero attached hydrogens (tertiary/aromatic N) is 2. The van der Waals surface area contributed by atoms with Crippen molar-refractivity contribution in [3.63, 3.8) is 0 Å². The van der Waals surface area contributed by atoms with Gasteiger partial charge in [0.05, 0.1) is 23.0 Å². The van der Waals surface area contributed by atoms with Crippen LogP contribution in [0, 0.1) is 0 Å². The van der Waals surface area contributed by atoms with Gasteiger partial charge in [0.15, 0.2) is 19.7 Å². The first-order valence-corrected chi connectivity index (χ1v) is 9.62. The third kappa shape index (κ3) is 3.82. The molecule has 0 aliphatic rings. The molecule has 1 heterocycles. The van der Waals surface area contributed by atoms with Crippen LogP contribution in [0.25, 0.3) is 16.5 Å². The molecule has 1 N–H and O–H groups in total. The Labute approximate surface area is 174 Å².